The molecular weight excluding hydrogens is 234 g/mol. The van der Waals surface area contributed by atoms with Gasteiger partial charge in [0.2, 0.25) is 0 Å². The molecule has 0 saturated carbocycles. The van der Waals surface area contributed by atoms with Crippen molar-refractivity contribution >= 4 is 11.9 Å². The number of carboxylic acid groups (broad SMARTS) is 1. The van der Waals surface area contributed by atoms with E-state index in [9.17, 15) is 9.59 Å². The molecule has 1 atom stereocenters. The van der Waals surface area contributed by atoms with Crippen LogP contribution in [0.4, 0.5) is 0 Å². The van der Waals surface area contributed by atoms with Crippen molar-refractivity contribution in [3.63, 3.8) is 0 Å². The molecule has 1 amide bonds. The monoisotopic (exact) mass is 253 g/mol. The summed E-state index contributed by atoms with van der Waals surface area (Å²) in [6, 6.07) is -0.946. The molecular formula is C12H19N3O3. The van der Waals surface area contributed by atoms with Crippen molar-refractivity contribution in [3.8, 4) is 0 Å². The fourth-order valence-electron chi connectivity index (χ4n) is 1.74. The van der Waals surface area contributed by atoms with Crippen LogP contribution in [0.1, 0.15) is 42.5 Å². The van der Waals surface area contributed by atoms with Crippen LogP contribution in [0.5, 0.6) is 0 Å². The number of aryl methyl sites for hydroxylation is 2. The molecule has 100 valence electrons. The van der Waals surface area contributed by atoms with Gasteiger partial charge in [0.05, 0.1) is 11.3 Å². The predicted molar refractivity (Wildman–Crippen MR) is 66.4 cm³/mol. The van der Waals surface area contributed by atoms with Gasteiger partial charge in [0, 0.05) is 5.69 Å². The normalized spacial score (nSPS) is 13.2. The SMILES string of the molecule is Cc1n[nH]c(C)c1C(=O)N[C@@H](C(=O)O)C(C)(C)C. The second kappa shape index (κ2) is 4.80. The van der Waals surface area contributed by atoms with Gasteiger partial charge in [-0.1, -0.05) is 20.8 Å². The highest BCUT2D eigenvalue weighted by molar-refractivity contribution is 5.98. The van der Waals surface area contributed by atoms with Crippen LogP contribution >= 0.6 is 0 Å². The van der Waals surface area contributed by atoms with E-state index in [1.807, 2.05) is 0 Å². The lowest BCUT2D eigenvalue weighted by Gasteiger charge is -2.27. The molecule has 1 rings (SSSR count). The average Bonchev–Trinajstić information content (AvgIpc) is 2.52. The van der Waals surface area contributed by atoms with Gasteiger partial charge in [-0.2, -0.15) is 5.10 Å². The number of nitrogens with one attached hydrogen (secondary N) is 2. The number of nitrogens with zero attached hydrogens (tertiary/aromatic N) is 1. The molecule has 0 spiro atoms. The highest BCUT2D eigenvalue weighted by atomic mass is 16.4. The van der Waals surface area contributed by atoms with Gasteiger partial charge in [0.15, 0.2) is 0 Å². The predicted octanol–water partition coefficient (Wildman–Crippen LogP) is 1.26. The largest absolute Gasteiger partial charge is 0.480 e. The average molecular weight is 253 g/mol. The summed E-state index contributed by atoms with van der Waals surface area (Å²) in [6.07, 6.45) is 0. The van der Waals surface area contributed by atoms with Gasteiger partial charge in [-0.25, -0.2) is 4.79 Å². The summed E-state index contributed by atoms with van der Waals surface area (Å²) in [5.41, 5.74) is 1.03. The molecule has 0 aliphatic carbocycles. The Bertz CT molecular complexity index is 452. The van der Waals surface area contributed by atoms with Gasteiger partial charge in [-0.05, 0) is 19.3 Å². The first-order valence-electron chi connectivity index (χ1n) is 5.70. The van der Waals surface area contributed by atoms with Crippen LogP contribution in [0.3, 0.4) is 0 Å². The lowest BCUT2D eigenvalue weighted by molar-refractivity contribution is -0.142. The lowest BCUT2D eigenvalue weighted by Crippen LogP contribution is -2.49. The van der Waals surface area contributed by atoms with Gasteiger partial charge >= 0.3 is 5.97 Å². The van der Waals surface area contributed by atoms with E-state index >= 15 is 0 Å². The minimum Gasteiger partial charge on any atom is -0.480 e. The fourth-order valence-corrected chi connectivity index (χ4v) is 1.74. The van der Waals surface area contributed by atoms with Crippen molar-refractivity contribution < 1.29 is 14.7 Å². The summed E-state index contributed by atoms with van der Waals surface area (Å²) in [5.74, 6) is -1.46. The van der Waals surface area contributed by atoms with Crippen molar-refractivity contribution in [2.24, 2.45) is 5.41 Å². The summed E-state index contributed by atoms with van der Waals surface area (Å²) in [7, 11) is 0. The lowest BCUT2D eigenvalue weighted by atomic mass is 9.86. The summed E-state index contributed by atoms with van der Waals surface area (Å²) < 4.78 is 0. The van der Waals surface area contributed by atoms with Gasteiger partial charge in [0.1, 0.15) is 6.04 Å². The third-order valence-corrected chi connectivity index (χ3v) is 2.74. The number of aromatic amines is 1. The number of carbonyl (C=O) groups excluding carboxylic acids is 1. The van der Waals surface area contributed by atoms with Gasteiger partial charge in [-0.15, -0.1) is 0 Å². The number of hydrogen-bond donors (Lipinski definition) is 3. The van der Waals surface area contributed by atoms with Crippen LogP contribution in [0.15, 0.2) is 0 Å². The number of carboxylic acids is 1. The highest BCUT2D eigenvalue weighted by Crippen LogP contribution is 2.20. The van der Waals surface area contributed by atoms with E-state index in [0.717, 1.165) is 0 Å². The number of H-pyrrole nitrogens is 1. The van der Waals surface area contributed by atoms with Gasteiger partial charge in [-0.3, -0.25) is 9.89 Å². The van der Waals surface area contributed by atoms with Crippen LogP contribution in [-0.4, -0.2) is 33.2 Å². The molecule has 6 nitrogen and oxygen atoms in total. The Kier molecular flexibility index (Phi) is 3.79. The van der Waals surface area contributed by atoms with Crippen LogP contribution in [-0.2, 0) is 4.79 Å². The Labute approximate surface area is 106 Å². The molecule has 0 radical (unpaired) electrons. The molecule has 1 aromatic rings. The van der Waals surface area contributed by atoms with Crippen molar-refractivity contribution in [2.45, 2.75) is 40.7 Å². The summed E-state index contributed by atoms with van der Waals surface area (Å²) >= 11 is 0. The van der Waals surface area contributed by atoms with Crippen molar-refractivity contribution in [3.05, 3.63) is 17.0 Å². The molecule has 1 aromatic heterocycles. The molecule has 3 N–H and O–H groups in total. The Morgan fingerprint density at radius 3 is 2.22 bits per heavy atom. The standard InChI is InChI=1S/C12H19N3O3/c1-6-8(7(2)15-14-6)10(16)13-9(11(17)18)12(3,4)5/h9H,1-5H3,(H,13,16)(H,14,15)(H,17,18)/t9-/m0/s1. The topological polar surface area (TPSA) is 95.1 Å². The minimum absolute atomic E-state index is 0.408. The minimum atomic E-state index is -1.05. The molecule has 18 heavy (non-hydrogen) atoms. The van der Waals surface area contributed by atoms with Crippen molar-refractivity contribution in [1.82, 2.24) is 15.5 Å². The van der Waals surface area contributed by atoms with E-state index < -0.39 is 23.3 Å². The van der Waals surface area contributed by atoms with Crippen molar-refractivity contribution in [1.29, 1.82) is 0 Å². The second-order valence-electron chi connectivity index (χ2n) is 5.42. The number of hydrogen-bond acceptors (Lipinski definition) is 3. The van der Waals surface area contributed by atoms with Gasteiger partial charge < -0.3 is 10.4 Å². The van der Waals surface area contributed by atoms with Crippen LogP contribution in [0.2, 0.25) is 0 Å². The molecule has 0 aliphatic rings. The van der Waals surface area contributed by atoms with E-state index in [2.05, 4.69) is 15.5 Å². The smallest absolute Gasteiger partial charge is 0.326 e. The van der Waals surface area contributed by atoms with E-state index in [4.69, 9.17) is 5.11 Å². The molecule has 0 fully saturated rings. The molecule has 0 unspecified atom stereocenters. The summed E-state index contributed by atoms with van der Waals surface area (Å²) in [6.45, 7) is 8.72. The first kappa shape index (κ1) is 14.2. The number of aliphatic carboxylic acids is 1. The molecule has 0 bridgehead atoms. The third kappa shape index (κ3) is 2.88. The van der Waals surface area contributed by atoms with Crippen LogP contribution in [0.25, 0.3) is 0 Å². The maximum absolute atomic E-state index is 12.1. The third-order valence-electron chi connectivity index (χ3n) is 2.74. The number of aromatic nitrogens is 2. The zero-order chi connectivity index (χ0) is 14.1. The first-order valence-corrected chi connectivity index (χ1v) is 5.70. The molecule has 1 heterocycles. The summed E-state index contributed by atoms with van der Waals surface area (Å²) in [4.78, 5) is 23.3. The van der Waals surface area contributed by atoms with Crippen LogP contribution in [0, 0.1) is 19.3 Å². The van der Waals surface area contributed by atoms with E-state index in [1.165, 1.54) is 0 Å². The van der Waals surface area contributed by atoms with E-state index in [1.54, 1.807) is 34.6 Å². The second-order valence-corrected chi connectivity index (χ2v) is 5.42. The maximum atomic E-state index is 12.1. The van der Waals surface area contributed by atoms with Crippen LogP contribution < -0.4 is 5.32 Å². The summed E-state index contributed by atoms with van der Waals surface area (Å²) in [5, 5.41) is 18.3. The van der Waals surface area contributed by atoms with Gasteiger partial charge in [0.25, 0.3) is 5.91 Å². The zero-order valence-corrected chi connectivity index (χ0v) is 11.3. The Hall–Kier alpha value is -1.85. The Morgan fingerprint density at radius 1 is 1.33 bits per heavy atom. The quantitative estimate of drug-likeness (QED) is 0.755. The Balaban J connectivity index is 2.97. The van der Waals surface area contributed by atoms with E-state index in [-0.39, 0.29) is 0 Å². The zero-order valence-electron chi connectivity index (χ0n) is 11.3. The van der Waals surface area contributed by atoms with Crippen molar-refractivity contribution in [2.75, 3.05) is 0 Å². The fraction of sp³-hybridized carbons (Fsp3) is 0.583. The van der Waals surface area contributed by atoms with E-state index in [0.29, 0.717) is 17.0 Å². The first-order chi connectivity index (χ1) is 8.14. The molecule has 0 aromatic carbocycles. The number of amides is 1. The Morgan fingerprint density at radius 2 is 1.89 bits per heavy atom. The number of carbonyl (C=O) groups is 2. The highest BCUT2D eigenvalue weighted by Gasteiger charge is 2.33. The molecule has 6 heteroatoms. The molecule has 0 aliphatic heterocycles. The maximum Gasteiger partial charge on any atom is 0.326 e. The number of rotatable bonds is 3. The molecule has 0 saturated heterocycles.